The molecule has 0 spiro atoms. The summed E-state index contributed by atoms with van der Waals surface area (Å²) >= 11 is 1.62. The molecule has 0 fully saturated rings. The topological polar surface area (TPSA) is 40.5 Å². The molecule has 0 radical (unpaired) electrons. The van der Waals surface area contributed by atoms with Crippen LogP contribution in [0.15, 0.2) is 59.6 Å². The molecule has 26 heavy (non-hydrogen) atoms. The minimum atomic E-state index is 0.00651. The molecule has 0 aliphatic heterocycles. The van der Waals surface area contributed by atoms with Crippen LogP contribution in [-0.2, 0) is 0 Å². The number of aromatic nitrogens is 1. The lowest BCUT2D eigenvalue weighted by Gasteiger charge is -2.03. The molecule has 0 atom stereocenters. The maximum Gasteiger partial charge on any atom is 0.227 e. The van der Waals surface area contributed by atoms with Gasteiger partial charge in [-0.1, -0.05) is 30.0 Å². The number of carbonyl (C=O) groups is 1. The van der Waals surface area contributed by atoms with Gasteiger partial charge in [-0.15, -0.1) is 11.8 Å². The average Bonchev–Trinajstić information content (AvgIpc) is 3.04. The van der Waals surface area contributed by atoms with Crippen LogP contribution in [0.1, 0.15) is 11.7 Å². The average molecular weight is 365 g/mol. The van der Waals surface area contributed by atoms with E-state index in [1.165, 1.54) is 0 Å². The third-order valence-electron chi connectivity index (χ3n) is 3.81. The minimum Gasteiger partial charge on any atom is -0.497 e. The number of ether oxygens (including phenoxy) is 2. The van der Waals surface area contributed by atoms with Crippen molar-refractivity contribution in [3.05, 3.63) is 54.7 Å². The highest BCUT2D eigenvalue weighted by molar-refractivity contribution is 7.99. The van der Waals surface area contributed by atoms with E-state index in [2.05, 4.69) is 11.8 Å². The predicted octanol–water partition coefficient (Wildman–Crippen LogP) is 4.48. The number of fused-ring (bicyclic) bond motifs is 1. The molecule has 0 bridgehead atoms. The maximum absolute atomic E-state index is 11.8. The lowest BCUT2D eigenvalue weighted by Crippen LogP contribution is -2.02. The Morgan fingerprint density at radius 1 is 1.08 bits per heavy atom. The van der Waals surface area contributed by atoms with Crippen LogP contribution < -0.4 is 9.47 Å². The van der Waals surface area contributed by atoms with Crippen molar-refractivity contribution in [2.75, 3.05) is 19.5 Å². The van der Waals surface area contributed by atoms with Gasteiger partial charge < -0.3 is 9.47 Å². The van der Waals surface area contributed by atoms with E-state index in [9.17, 15) is 4.79 Å². The molecule has 3 rings (SSSR count). The summed E-state index contributed by atoms with van der Waals surface area (Å²) in [5.41, 5.74) is 0.929. The minimum absolute atomic E-state index is 0.00651. The van der Waals surface area contributed by atoms with Crippen molar-refractivity contribution in [3.63, 3.8) is 0 Å². The summed E-state index contributed by atoms with van der Waals surface area (Å²) in [6.45, 7) is 1.90. The van der Waals surface area contributed by atoms with Gasteiger partial charge in [0.05, 0.1) is 18.4 Å². The second kappa shape index (κ2) is 8.50. The number of para-hydroxylation sites is 1. The highest BCUT2D eigenvalue weighted by Crippen LogP contribution is 2.29. The number of hydrogen-bond donors (Lipinski definition) is 0. The standard InChI is InChI=1S/C21H19NO3S/c1-16(23)22-15-21(19-7-3-4-8-20(19)22)26-14-6-5-13-25-18-11-9-17(24-2)10-12-18/h3-4,7-12,15H,13-14H2,1-2H3. The zero-order valence-corrected chi connectivity index (χ0v) is 15.5. The largest absolute Gasteiger partial charge is 0.497 e. The van der Waals surface area contributed by atoms with Gasteiger partial charge in [-0.05, 0) is 30.3 Å². The van der Waals surface area contributed by atoms with Crippen molar-refractivity contribution < 1.29 is 14.3 Å². The van der Waals surface area contributed by atoms with Crippen LogP contribution in [0.2, 0.25) is 0 Å². The molecule has 0 saturated carbocycles. The number of rotatable bonds is 5. The molecule has 132 valence electrons. The normalized spacial score (nSPS) is 10.2. The summed E-state index contributed by atoms with van der Waals surface area (Å²) in [4.78, 5) is 12.8. The zero-order valence-electron chi connectivity index (χ0n) is 14.7. The second-order valence-corrected chi connectivity index (χ2v) is 6.52. The van der Waals surface area contributed by atoms with E-state index in [-0.39, 0.29) is 5.91 Å². The van der Waals surface area contributed by atoms with Crippen molar-refractivity contribution in [2.45, 2.75) is 11.8 Å². The van der Waals surface area contributed by atoms with Crippen LogP contribution in [0, 0.1) is 11.8 Å². The smallest absolute Gasteiger partial charge is 0.227 e. The van der Waals surface area contributed by atoms with E-state index < -0.39 is 0 Å². The predicted molar refractivity (Wildman–Crippen MR) is 105 cm³/mol. The molecule has 0 saturated heterocycles. The Kier molecular flexibility index (Phi) is 5.88. The lowest BCUT2D eigenvalue weighted by atomic mass is 10.2. The zero-order chi connectivity index (χ0) is 18.4. The quantitative estimate of drug-likeness (QED) is 0.494. The Hall–Kier alpha value is -2.84. The van der Waals surface area contributed by atoms with Gasteiger partial charge in [0.15, 0.2) is 0 Å². The SMILES string of the molecule is COc1ccc(OCC#CCSc2cn(C(C)=O)c3ccccc23)cc1. The molecule has 1 aromatic heterocycles. The van der Waals surface area contributed by atoms with Gasteiger partial charge in [0, 0.05) is 23.4 Å². The summed E-state index contributed by atoms with van der Waals surface area (Å²) < 4.78 is 12.4. The first-order valence-electron chi connectivity index (χ1n) is 8.15. The van der Waals surface area contributed by atoms with Crippen molar-refractivity contribution in [1.29, 1.82) is 0 Å². The van der Waals surface area contributed by atoms with Crippen LogP contribution >= 0.6 is 11.8 Å². The van der Waals surface area contributed by atoms with Gasteiger partial charge in [0.1, 0.15) is 18.1 Å². The number of methoxy groups -OCH3 is 1. The van der Waals surface area contributed by atoms with Crippen LogP contribution in [-0.4, -0.2) is 29.9 Å². The monoisotopic (exact) mass is 365 g/mol. The van der Waals surface area contributed by atoms with Crippen LogP contribution in [0.5, 0.6) is 11.5 Å². The molecule has 4 nitrogen and oxygen atoms in total. The van der Waals surface area contributed by atoms with E-state index >= 15 is 0 Å². The first-order valence-corrected chi connectivity index (χ1v) is 9.14. The number of carbonyl (C=O) groups excluding carboxylic acids is 1. The number of hydrogen-bond acceptors (Lipinski definition) is 4. The van der Waals surface area contributed by atoms with Gasteiger partial charge in [-0.2, -0.15) is 0 Å². The van der Waals surface area contributed by atoms with Crippen molar-refractivity contribution in [3.8, 4) is 23.3 Å². The molecule has 2 aromatic carbocycles. The summed E-state index contributed by atoms with van der Waals surface area (Å²) in [6, 6.07) is 15.3. The van der Waals surface area contributed by atoms with Crippen LogP contribution in [0.3, 0.4) is 0 Å². The Balaban J connectivity index is 1.56. The first-order chi connectivity index (χ1) is 12.7. The number of benzene rings is 2. The summed E-state index contributed by atoms with van der Waals surface area (Å²) in [5.74, 6) is 8.31. The second-order valence-electron chi connectivity index (χ2n) is 5.51. The summed E-state index contributed by atoms with van der Waals surface area (Å²) in [5, 5.41) is 1.07. The molecular weight excluding hydrogens is 346 g/mol. The van der Waals surface area contributed by atoms with E-state index in [0.717, 1.165) is 27.3 Å². The summed E-state index contributed by atoms with van der Waals surface area (Å²) in [7, 11) is 1.63. The molecule has 1 heterocycles. The Morgan fingerprint density at radius 3 is 2.54 bits per heavy atom. The Morgan fingerprint density at radius 2 is 1.81 bits per heavy atom. The third-order valence-corrected chi connectivity index (χ3v) is 4.73. The van der Waals surface area contributed by atoms with E-state index in [1.807, 2.05) is 54.7 Å². The Bertz CT molecular complexity index is 964. The van der Waals surface area contributed by atoms with Gasteiger partial charge in [-0.3, -0.25) is 9.36 Å². The Labute approximate surface area is 157 Å². The molecule has 3 aromatic rings. The first kappa shape index (κ1) is 18.0. The van der Waals surface area contributed by atoms with Gasteiger partial charge in [-0.25, -0.2) is 0 Å². The molecule has 0 aliphatic carbocycles. The fourth-order valence-electron chi connectivity index (χ4n) is 2.53. The molecule has 0 N–H and O–H groups in total. The van der Waals surface area contributed by atoms with Crippen molar-refractivity contribution in [2.24, 2.45) is 0 Å². The highest BCUT2D eigenvalue weighted by atomic mass is 32.2. The molecule has 5 heteroatoms. The van der Waals surface area contributed by atoms with Crippen LogP contribution in [0.4, 0.5) is 0 Å². The van der Waals surface area contributed by atoms with E-state index in [4.69, 9.17) is 9.47 Å². The highest BCUT2D eigenvalue weighted by Gasteiger charge is 2.10. The fourth-order valence-corrected chi connectivity index (χ4v) is 3.37. The molecular formula is C21H19NO3S. The third kappa shape index (κ3) is 4.22. The number of thioether (sulfide) groups is 1. The fraction of sp³-hybridized carbons (Fsp3) is 0.190. The van der Waals surface area contributed by atoms with Gasteiger partial charge in [0.25, 0.3) is 0 Å². The van der Waals surface area contributed by atoms with E-state index in [0.29, 0.717) is 12.4 Å². The van der Waals surface area contributed by atoms with Crippen LogP contribution in [0.25, 0.3) is 10.9 Å². The summed E-state index contributed by atoms with van der Waals surface area (Å²) in [6.07, 6.45) is 1.88. The lowest BCUT2D eigenvalue weighted by molar-refractivity contribution is 0.0941. The van der Waals surface area contributed by atoms with Crippen molar-refractivity contribution >= 4 is 28.6 Å². The molecule has 0 aliphatic rings. The molecule has 0 unspecified atom stereocenters. The number of nitrogens with zero attached hydrogens (tertiary/aromatic N) is 1. The van der Waals surface area contributed by atoms with Gasteiger partial charge in [0.2, 0.25) is 5.91 Å². The van der Waals surface area contributed by atoms with Crippen molar-refractivity contribution in [1.82, 2.24) is 4.57 Å². The molecule has 0 amide bonds. The maximum atomic E-state index is 11.8. The van der Waals surface area contributed by atoms with Gasteiger partial charge >= 0.3 is 0 Å². The van der Waals surface area contributed by atoms with E-state index in [1.54, 1.807) is 30.4 Å².